The van der Waals surface area contributed by atoms with E-state index in [2.05, 4.69) is 0 Å². The Morgan fingerprint density at radius 1 is 1.44 bits per heavy atom. The van der Waals surface area contributed by atoms with E-state index >= 15 is 0 Å². The summed E-state index contributed by atoms with van der Waals surface area (Å²) in [6, 6.07) is 7.50. The first-order valence-corrected chi connectivity index (χ1v) is 5.29. The van der Waals surface area contributed by atoms with E-state index in [1.807, 2.05) is 31.2 Å². The SMILES string of the molecule is CCC(C)(C(=O)O)c1coc2ccccc12. The highest BCUT2D eigenvalue weighted by atomic mass is 16.4. The van der Waals surface area contributed by atoms with E-state index in [0.29, 0.717) is 6.42 Å². The fraction of sp³-hybridized carbons (Fsp3) is 0.308. The lowest BCUT2D eigenvalue weighted by molar-refractivity contribution is -0.143. The third-order valence-electron chi connectivity index (χ3n) is 3.25. The van der Waals surface area contributed by atoms with Crippen LogP contribution in [-0.2, 0) is 10.2 Å². The molecule has 2 rings (SSSR count). The zero-order valence-electron chi connectivity index (χ0n) is 9.36. The minimum atomic E-state index is -0.882. The van der Waals surface area contributed by atoms with Gasteiger partial charge < -0.3 is 9.52 Å². The van der Waals surface area contributed by atoms with E-state index in [1.54, 1.807) is 13.2 Å². The Morgan fingerprint density at radius 2 is 2.12 bits per heavy atom. The van der Waals surface area contributed by atoms with E-state index in [4.69, 9.17) is 4.42 Å². The molecule has 3 heteroatoms. The Kier molecular flexibility index (Phi) is 2.46. The maximum atomic E-state index is 11.4. The summed E-state index contributed by atoms with van der Waals surface area (Å²) in [5.41, 5.74) is 0.601. The maximum absolute atomic E-state index is 11.4. The van der Waals surface area contributed by atoms with Crippen molar-refractivity contribution in [3.8, 4) is 0 Å². The fourth-order valence-corrected chi connectivity index (χ4v) is 1.86. The number of fused-ring (bicyclic) bond motifs is 1. The molecular formula is C13H14O3. The second kappa shape index (κ2) is 3.67. The number of carboxylic acid groups (broad SMARTS) is 1. The molecule has 0 aliphatic carbocycles. The minimum absolute atomic E-state index is 0.534. The normalized spacial score (nSPS) is 14.9. The number of aliphatic carboxylic acids is 1. The Labute approximate surface area is 93.7 Å². The zero-order valence-corrected chi connectivity index (χ0v) is 9.36. The minimum Gasteiger partial charge on any atom is -0.481 e. The van der Waals surface area contributed by atoms with Crippen LogP contribution >= 0.6 is 0 Å². The predicted molar refractivity (Wildman–Crippen MR) is 61.5 cm³/mol. The van der Waals surface area contributed by atoms with Crippen LogP contribution in [0.1, 0.15) is 25.8 Å². The van der Waals surface area contributed by atoms with Crippen LogP contribution in [-0.4, -0.2) is 11.1 Å². The molecular weight excluding hydrogens is 204 g/mol. The Bertz CT molecular complexity index is 527. The van der Waals surface area contributed by atoms with Gasteiger partial charge in [0.2, 0.25) is 0 Å². The van der Waals surface area contributed by atoms with Crippen LogP contribution in [0.25, 0.3) is 11.0 Å². The number of hydrogen-bond acceptors (Lipinski definition) is 2. The van der Waals surface area contributed by atoms with Crippen molar-refractivity contribution in [2.45, 2.75) is 25.7 Å². The smallest absolute Gasteiger partial charge is 0.313 e. The number of carboxylic acids is 1. The summed E-state index contributed by atoms with van der Waals surface area (Å²) in [6.07, 6.45) is 2.09. The molecule has 3 nitrogen and oxygen atoms in total. The van der Waals surface area contributed by atoms with E-state index in [1.165, 1.54) is 0 Å². The molecule has 2 aromatic rings. The van der Waals surface area contributed by atoms with Gasteiger partial charge in [-0.05, 0) is 19.4 Å². The third-order valence-corrected chi connectivity index (χ3v) is 3.25. The summed E-state index contributed by atoms with van der Waals surface area (Å²) in [7, 11) is 0. The molecule has 0 saturated heterocycles. The van der Waals surface area contributed by atoms with Gasteiger partial charge in [-0.1, -0.05) is 25.1 Å². The largest absolute Gasteiger partial charge is 0.481 e. The van der Waals surface area contributed by atoms with Crippen LogP contribution < -0.4 is 0 Å². The van der Waals surface area contributed by atoms with Crippen molar-refractivity contribution in [2.24, 2.45) is 0 Å². The second-order valence-corrected chi connectivity index (χ2v) is 4.14. The topological polar surface area (TPSA) is 50.4 Å². The zero-order chi connectivity index (χ0) is 11.8. The van der Waals surface area contributed by atoms with Gasteiger partial charge in [-0.25, -0.2) is 0 Å². The van der Waals surface area contributed by atoms with Crippen molar-refractivity contribution < 1.29 is 14.3 Å². The third kappa shape index (κ3) is 1.40. The van der Waals surface area contributed by atoms with Crippen molar-refractivity contribution in [1.82, 2.24) is 0 Å². The summed E-state index contributed by atoms with van der Waals surface area (Å²) in [6.45, 7) is 3.60. The van der Waals surface area contributed by atoms with Crippen LogP contribution in [0.2, 0.25) is 0 Å². The lowest BCUT2D eigenvalue weighted by atomic mass is 9.80. The molecule has 0 radical (unpaired) electrons. The van der Waals surface area contributed by atoms with Crippen molar-refractivity contribution in [3.63, 3.8) is 0 Å². The van der Waals surface area contributed by atoms with Crippen molar-refractivity contribution in [3.05, 3.63) is 36.1 Å². The molecule has 16 heavy (non-hydrogen) atoms. The Balaban J connectivity index is 2.67. The van der Waals surface area contributed by atoms with Crippen molar-refractivity contribution in [1.29, 1.82) is 0 Å². The number of hydrogen-bond donors (Lipinski definition) is 1. The number of rotatable bonds is 3. The summed E-state index contributed by atoms with van der Waals surface area (Å²) < 4.78 is 5.38. The van der Waals surface area contributed by atoms with E-state index in [-0.39, 0.29) is 0 Å². The lowest BCUT2D eigenvalue weighted by Crippen LogP contribution is -2.31. The summed E-state index contributed by atoms with van der Waals surface area (Å²) in [5.74, 6) is -0.818. The second-order valence-electron chi connectivity index (χ2n) is 4.14. The highest BCUT2D eigenvalue weighted by Crippen LogP contribution is 2.34. The van der Waals surface area contributed by atoms with Gasteiger partial charge in [0.05, 0.1) is 11.7 Å². The fourth-order valence-electron chi connectivity index (χ4n) is 1.86. The standard InChI is InChI=1S/C13H14O3/c1-3-13(2,12(14)15)10-8-16-11-7-5-4-6-9(10)11/h4-8H,3H2,1-2H3,(H,14,15). The average Bonchev–Trinajstić information content (AvgIpc) is 2.72. The summed E-state index contributed by atoms with van der Waals surface area (Å²) >= 11 is 0. The lowest BCUT2D eigenvalue weighted by Gasteiger charge is -2.21. The molecule has 84 valence electrons. The van der Waals surface area contributed by atoms with Crippen molar-refractivity contribution in [2.75, 3.05) is 0 Å². The van der Waals surface area contributed by atoms with Gasteiger partial charge in [-0.2, -0.15) is 0 Å². The van der Waals surface area contributed by atoms with Gasteiger partial charge >= 0.3 is 5.97 Å². The van der Waals surface area contributed by atoms with Crippen molar-refractivity contribution >= 4 is 16.9 Å². The van der Waals surface area contributed by atoms with Crippen LogP contribution in [0.3, 0.4) is 0 Å². The molecule has 1 atom stereocenters. The van der Waals surface area contributed by atoms with Crippen LogP contribution in [0.15, 0.2) is 34.9 Å². The van der Waals surface area contributed by atoms with Crippen LogP contribution in [0.5, 0.6) is 0 Å². The molecule has 0 aliphatic rings. The van der Waals surface area contributed by atoms with Gasteiger partial charge in [0.1, 0.15) is 5.58 Å². The molecule has 1 N–H and O–H groups in total. The van der Waals surface area contributed by atoms with E-state index < -0.39 is 11.4 Å². The van der Waals surface area contributed by atoms with Gasteiger partial charge in [-0.3, -0.25) is 4.79 Å². The maximum Gasteiger partial charge on any atom is 0.313 e. The highest BCUT2D eigenvalue weighted by Gasteiger charge is 2.35. The monoisotopic (exact) mass is 218 g/mol. The first kappa shape index (κ1) is 10.7. The van der Waals surface area contributed by atoms with Crippen LogP contribution in [0.4, 0.5) is 0 Å². The Morgan fingerprint density at radius 3 is 2.75 bits per heavy atom. The molecule has 1 aromatic carbocycles. The molecule has 0 spiro atoms. The highest BCUT2D eigenvalue weighted by molar-refractivity contribution is 5.90. The van der Waals surface area contributed by atoms with Gasteiger partial charge in [0.15, 0.2) is 0 Å². The molecule has 0 aliphatic heterocycles. The van der Waals surface area contributed by atoms with Gasteiger partial charge in [0, 0.05) is 10.9 Å². The molecule has 0 saturated carbocycles. The predicted octanol–water partition coefficient (Wildman–Crippen LogP) is 3.19. The quantitative estimate of drug-likeness (QED) is 0.860. The van der Waals surface area contributed by atoms with Gasteiger partial charge in [0.25, 0.3) is 0 Å². The summed E-state index contributed by atoms with van der Waals surface area (Å²) in [5, 5.41) is 10.2. The molecule has 0 bridgehead atoms. The molecule has 0 amide bonds. The van der Waals surface area contributed by atoms with Crippen LogP contribution in [0, 0.1) is 0 Å². The first-order valence-electron chi connectivity index (χ1n) is 5.29. The molecule has 1 unspecified atom stereocenters. The number of furan rings is 1. The number of carbonyl (C=O) groups is 1. The summed E-state index contributed by atoms with van der Waals surface area (Å²) in [4.78, 5) is 11.4. The van der Waals surface area contributed by atoms with E-state index in [0.717, 1.165) is 16.5 Å². The average molecular weight is 218 g/mol. The molecule has 1 aromatic heterocycles. The molecule has 0 fully saturated rings. The first-order chi connectivity index (χ1) is 7.59. The van der Waals surface area contributed by atoms with Gasteiger partial charge in [-0.15, -0.1) is 0 Å². The number of para-hydroxylation sites is 1. The Hall–Kier alpha value is -1.77. The van der Waals surface area contributed by atoms with E-state index in [9.17, 15) is 9.90 Å². The number of benzene rings is 1. The molecule has 1 heterocycles.